The van der Waals surface area contributed by atoms with Crippen LogP contribution in [0.5, 0.6) is 0 Å². The van der Waals surface area contributed by atoms with Crippen LogP contribution in [0.2, 0.25) is 0 Å². The van der Waals surface area contributed by atoms with Crippen molar-refractivity contribution >= 4 is 10.9 Å². The van der Waals surface area contributed by atoms with Gasteiger partial charge in [-0.15, -0.1) is 15.0 Å². The van der Waals surface area contributed by atoms with Crippen LogP contribution in [0, 0.1) is 0 Å². The molecule has 2 heterocycles. The highest BCUT2D eigenvalue weighted by Crippen LogP contribution is 2.25. The molecule has 0 amide bonds. The van der Waals surface area contributed by atoms with Crippen molar-refractivity contribution in [2.45, 2.75) is 0 Å². The number of nitrogens with zero attached hydrogens (tertiary/aromatic N) is 4. The number of hydrogen-bond donors (Lipinski definition) is 1. The third-order valence-electron chi connectivity index (χ3n) is 3.23. The van der Waals surface area contributed by atoms with E-state index in [0.717, 1.165) is 22.2 Å². The molecular formula is C15H11N5. The third kappa shape index (κ3) is 1.68. The Kier molecular flexibility index (Phi) is 2.35. The smallest absolute Gasteiger partial charge is 0.207 e. The molecule has 0 aliphatic rings. The first kappa shape index (κ1) is 10.9. The summed E-state index contributed by atoms with van der Waals surface area (Å²) in [6, 6.07) is 17.8. The molecule has 20 heavy (non-hydrogen) atoms. The van der Waals surface area contributed by atoms with Crippen LogP contribution >= 0.6 is 0 Å². The fourth-order valence-corrected chi connectivity index (χ4v) is 2.25. The van der Waals surface area contributed by atoms with Gasteiger partial charge in [0.2, 0.25) is 5.82 Å². The lowest BCUT2D eigenvalue weighted by atomic mass is 10.2. The van der Waals surface area contributed by atoms with Crippen molar-refractivity contribution in [2.75, 3.05) is 0 Å². The number of tetrazole rings is 1. The summed E-state index contributed by atoms with van der Waals surface area (Å²) >= 11 is 0. The van der Waals surface area contributed by atoms with Crippen LogP contribution in [0.4, 0.5) is 0 Å². The third-order valence-corrected chi connectivity index (χ3v) is 3.23. The van der Waals surface area contributed by atoms with E-state index in [0.29, 0.717) is 5.82 Å². The molecule has 1 N–H and O–H groups in total. The van der Waals surface area contributed by atoms with E-state index in [2.05, 4.69) is 20.4 Å². The number of nitrogens with one attached hydrogen (secondary N) is 1. The second-order valence-electron chi connectivity index (χ2n) is 4.49. The number of benzene rings is 2. The summed E-state index contributed by atoms with van der Waals surface area (Å²) in [5, 5.41) is 13.8. The summed E-state index contributed by atoms with van der Waals surface area (Å²) in [6.45, 7) is 0. The minimum absolute atomic E-state index is 0.617. The molecule has 5 heteroatoms. The van der Waals surface area contributed by atoms with Crippen molar-refractivity contribution in [1.82, 2.24) is 25.2 Å². The quantitative estimate of drug-likeness (QED) is 0.603. The maximum Gasteiger partial charge on any atom is 0.207 e. The number of aromatic nitrogens is 5. The van der Waals surface area contributed by atoms with Gasteiger partial charge in [0.05, 0.1) is 5.69 Å². The van der Waals surface area contributed by atoms with Crippen molar-refractivity contribution in [3.63, 3.8) is 0 Å². The van der Waals surface area contributed by atoms with E-state index in [1.54, 1.807) is 0 Å². The van der Waals surface area contributed by atoms with Crippen molar-refractivity contribution in [3.8, 4) is 17.1 Å². The monoisotopic (exact) mass is 261 g/mol. The minimum Gasteiger partial charge on any atom is -0.360 e. The van der Waals surface area contributed by atoms with E-state index >= 15 is 0 Å². The highest BCUT2D eigenvalue weighted by atomic mass is 15.6. The van der Waals surface area contributed by atoms with Gasteiger partial charge in [-0.25, -0.2) is 0 Å². The average Bonchev–Trinajstić information content (AvgIpc) is 3.14. The highest BCUT2D eigenvalue weighted by molar-refractivity contribution is 5.93. The molecule has 0 saturated carbocycles. The molecule has 4 rings (SSSR count). The number of fused-ring (bicyclic) bond motifs is 1. The Morgan fingerprint density at radius 3 is 2.60 bits per heavy atom. The van der Waals surface area contributed by atoms with Crippen molar-refractivity contribution in [3.05, 3.63) is 60.8 Å². The van der Waals surface area contributed by atoms with Gasteiger partial charge >= 0.3 is 0 Å². The average molecular weight is 261 g/mol. The highest BCUT2D eigenvalue weighted by Gasteiger charge is 2.11. The van der Waals surface area contributed by atoms with E-state index in [4.69, 9.17) is 0 Å². The number of aromatic amines is 1. The van der Waals surface area contributed by atoms with Gasteiger partial charge in [0.15, 0.2) is 0 Å². The summed E-state index contributed by atoms with van der Waals surface area (Å²) < 4.78 is 0. The zero-order valence-corrected chi connectivity index (χ0v) is 10.6. The van der Waals surface area contributed by atoms with Gasteiger partial charge in [0.1, 0.15) is 0 Å². The van der Waals surface area contributed by atoms with E-state index in [-0.39, 0.29) is 0 Å². The Morgan fingerprint density at radius 1 is 0.900 bits per heavy atom. The van der Waals surface area contributed by atoms with Crippen molar-refractivity contribution < 1.29 is 0 Å². The van der Waals surface area contributed by atoms with Crippen LogP contribution in [0.15, 0.2) is 60.8 Å². The lowest BCUT2D eigenvalue weighted by Crippen LogP contribution is -1.98. The summed E-state index contributed by atoms with van der Waals surface area (Å²) in [5.41, 5.74) is 2.92. The maximum atomic E-state index is 4.45. The molecule has 0 aliphatic heterocycles. The van der Waals surface area contributed by atoms with Gasteiger partial charge < -0.3 is 4.98 Å². The van der Waals surface area contributed by atoms with Crippen LogP contribution in [0.3, 0.4) is 0 Å². The fraction of sp³-hybridized carbons (Fsp3) is 0. The molecule has 0 atom stereocenters. The van der Waals surface area contributed by atoms with Gasteiger partial charge in [-0.05, 0) is 23.4 Å². The molecule has 0 unspecified atom stereocenters. The lowest BCUT2D eigenvalue weighted by Gasteiger charge is -1.95. The number of hydrogen-bond acceptors (Lipinski definition) is 3. The Hall–Kier alpha value is -2.95. The normalized spacial score (nSPS) is 11.0. The second-order valence-corrected chi connectivity index (χ2v) is 4.49. The number of rotatable bonds is 2. The molecule has 0 aliphatic carbocycles. The zero-order valence-electron chi connectivity index (χ0n) is 10.6. The van der Waals surface area contributed by atoms with Gasteiger partial charge in [0.25, 0.3) is 0 Å². The van der Waals surface area contributed by atoms with Crippen LogP contribution < -0.4 is 0 Å². The molecule has 0 bridgehead atoms. The predicted molar refractivity (Wildman–Crippen MR) is 76.4 cm³/mol. The number of para-hydroxylation sites is 2. The molecular weight excluding hydrogens is 250 g/mol. The molecule has 96 valence electrons. The SMILES string of the molecule is c1ccc(-n2nnc(-c3c[nH]c4ccccc34)n2)cc1. The standard InChI is InChI=1S/C15H11N5/c1-2-6-11(7-3-1)20-18-15(17-19-20)13-10-16-14-9-5-4-8-12(13)14/h1-10,16H. The predicted octanol–water partition coefficient (Wildman–Crippen LogP) is 2.81. The Labute approximate surface area is 114 Å². The van der Waals surface area contributed by atoms with E-state index in [1.807, 2.05) is 60.8 Å². The maximum absolute atomic E-state index is 4.45. The first-order valence-electron chi connectivity index (χ1n) is 6.34. The van der Waals surface area contributed by atoms with E-state index in [1.165, 1.54) is 4.80 Å². The fourth-order valence-electron chi connectivity index (χ4n) is 2.25. The summed E-state index contributed by atoms with van der Waals surface area (Å²) in [4.78, 5) is 4.76. The van der Waals surface area contributed by atoms with Crippen LogP contribution in [-0.2, 0) is 0 Å². The Balaban J connectivity index is 1.82. The molecule has 2 aromatic carbocycles. The molecule has 0 radical (unpaired) electrons. The van der Waals surface area contributed by atoms with Gasteiger partial charge in [-0.3, -0.25) is 0 Å². The Bertz CT molecular complexity index is 860. The molecule has 0 saturated heterocycles. The molecule has 2 aromatic heterocycles. The van der Waals surface area contributed by atoms with Crippen LogP contribution in [0.1, 0.15) is 0 Å². The molecule has 0 spiro atoms. The largest absolute Gasteiger partial charge is 0.360 e. The summed E-state index contributed by atoms with van der Waals surface area (Å²) in [5.74, 6) is 0.617. The molecule has 5 nitrogen and oxygen atoms in total. The minimum atomic E-state index is 0.617. The Morgan fingerprint density at radius 2 is 1.70 bits per heavy atom. The summed E-state index contributed by atoms with van der Waals surface area (Å²) in [7, 11) is 0. The van der Waals surface area contributed by atoms with Crippen molar-refractivity contribution in [2.24, 2.45) is 0 Å². The topological polar surface area (TPSA) is 59.4 Å². The first-order chi connectivity index (χ1) is 9.92. The summed E-state index contributed by atoms with van der Waals surface area (Å²) in [6.07, 6.45) is 1.91. The first-order valence-corrected chi connectivity index (χ1v) is 6.34. The van der Waals surface area contributed by atoms with E-state index < -0.39 is 0 Å². The van der Waals surface area contributed by atoms with Gasteiger partial charge in [0, 0.05) is 22.7 Å². The van der Waals surface area contributed by atoms with Crippen LogP contribution in [0.25, 0.3) is 28.0 Å². The van der Waals surface area contributed by atoms with E-state index in [9.17, 15) is 0 Å². The van der Waals surface area contributed by atoms with Crippen molar-refractivity contribution in [1.29, 1.82) is 0 Å². The van der Waals surface area contributed by atoms with Gasteiger partial charge in [-0.1, -0.05) is 36.4 Å². The lowest BCUT2D eigenvalue weighted by molar-refractivity contribution is 0.720. The second kappa shape index (κ2) is 4.31. The molecule has 0 fully saturated rings. The molecule has 4 aromatic rings. The number of H-pyrrole nitrogens is 1. The van der Waals surface area contributed by atoms with Gasteiger partial charge in [-0.2, -0.15) is 0 Å². The zero-order chi connectivity index (χ0) is 13.4. The van der Waals surface area contributed by atoms with Crippen LogP contribution in [-0.4, -0.2) is 25.2 Å².